The van der Waals surface area contributed by atoms with Gasteiger partial charge in [-0.3, -0.25) is 0 Å². The molecule has 1 aromatic carbocycles. The maximum atomic E-state index is 5.84. The van der Waals surface area contributed by atoms with Gasteiger partial charge in [0.2, 0.25) is 0 Å². The first-order chi connectivity index (χ1) is 7.98. The zero-order chi connectivity index (χ0) is 12.9. The maximum Gasteiger partial charge on any atom is 0.146 e. The summed E-state index contributed by atoms with van der Waals surface area (Å²) in [6.07, 6.45) is 2.62. The van der Waals surface area contributed by atoms with Crippen molar-refractivity contribution < 1.29 is 4.43 Å². The molecule has 1 nitrogen and oxygen atoms in total. The Labute approximate surface area is 109 Å². The Hall–Kier alpha value is -0.603. The number of hydrogen-bond acceptors (Lipinski definition) is 1. The molecule has 0 aliphatic carbocycles. The lowest BCUT2D eigenvalue weighted by Gasteiger charge is -2.37. The average molecular weight is 250 g/mol. The summed E-state index contributed by atoms with van der Waals surface area (Å²) in [6.45, 7) is 9.22. The highest BCUT2D eigenvalue weighted by Gasteiger charge is 2.31. The van der Waals surface area contributed by atoms with Crippen molar-refractivity contribution in [2.75, 3.05) is 0 Å². The highest BCUT2D eigenvalue weighted by atomic mass is 28.2. The van der Waals surface area contributed by atoms with Gasteiger partial charge in [-0.2, -0.15) is 0 Å². The molecular weight excluding hydrogens is 224 g/mol. The topological polar surface area (TPSA) is 9.23 Å². The second-order valence-electron chi connectivity index (χ2n) is 5.72. The van der Waals surface area contributed by atoms with Gasteiger partial charge < -0.3 is 4.43 Å². The third-order valence-corrected chi connectivity index (χ3v) is 4.71. The van der Waals surface area contributed by atoms with Crippen molar-refractivity contribution in [3.05, 3.63) is 35.9 Å². The second-order valence-corrected chi connectivity index (χ2v) is 6.20. The first kappa shape index (κ1) is 14.5. The molecule has 0 bridgehead atoms. The van der Waals surface area contributed by atoms with Gasteiger partial charge in [0.1, 0.15) is 10.5 Å². The van der Waals surface area contributed by atoms with Crippen LogP contribution in [0.3, 0.4) is 0 Å². The van der Waals surface area contributed by atoms with Crippen molar-refractivity contribution >= 4 is 10.5 Å². The summed E-state index contributed by atoms with van der Waals surface area (Å²) in [5.41, 5.74) is 1.67. The van der Waals surface area contributed by atoms with Gasteiger partial charge in [-0.15, -0.1) is 0 Å². The molecule has 0 fully saturated rings. The molecule has 1 unspecified atom stereocenters. The highest BCUT2D eigenvalue weighted by Crippen LogP contribution is 2.34. The molecule has 0 heterocycles. The monoisotopic (exact) mass is 250 g/mol. The summed E-state index contributed by atoms with van der Waals surface area (Å²) >= 11 is 0. The minimum Gasteiger partial charge on any atom is -0.424 e. The molecule has 17 heavy (non-hydrogen) atoms. The Morgan fingerprint density at radius 2 is 1.76 bits per heavy atom. The molecular formula is C15H26OSi. The minimum absolute atomic E-state index is 0.260. The predicted molar refractivity (Wildman–Crippen MR) is 78.2 cm³/mol. The third-order valence-electron chi connectivity index (χ3n) is 4.14. The van der Waals surface area contributed by atoms with Crippen molar-refractivity contribution in [3.63, 3.8) is 0 Å². The van der Waals surface area contributed by atoms with Crippen molar-refractivity contribution in [1.82, 2.24) is 0 Å². The summed E-state index contributed by atoms with van der Waals surface area (Å²) in [6, 6.07) is 10.7. The van der Waals surface area contributed by atoms with Gasteiger partial charge in [0.15, 0.2) is 0 Å². The molecule has 0 aromatic heterocycles. The summed E-state index contributed by atoms with van der Waals surface area (Å²) in [5.74, 6) is 0.650. The smallest absolute Gasteiger partial charge is 0.146 e. The average Bonchev–Trinajstić information content (AvgIpc) is 2.30. The molecule has 0 spiro atoms. The van der Waals surface area contributed by atoms with Crippen molar-refractivity contribution in [3.8, 4) is 0 Å². The quantitative estimate of drug-likeness (QED) is 0.705. The summed E-state index contributed by atoms with van der Waals surface area (Å²) in [4.78, 5) is 0. The SMILES string of the molecule is CC(C)C(C)(C)C(CCc1ccccc1)O[SiH3]. The van der Waals surface area contributed by atoms with Crippen LogP contribution in [0, 0.1) is 11.3 Å². The maximum absolute atomic E-state index is 5.84. The zero-order valence-electron chi connectivity index (χ0n) is 11.9. The van der Waals surface area contributed by atoms with E-state index in [0.29, 0.717) is 12.0 Å². The lowest BCUT2D eigenvalue weighted by atomic mass is 9.74. The van der Waals surface area contributed by atoms with Crippen LogP contribution in [-0.2, 0) is 10.8 Å². The first-order valence-electron chi connectivity index (χ1n) is 6.55. The Morgan fingerprint density at radius 1 is 1.18 bits per heavy atom. The van der Waals surface area contributed by atoms with Crippen LogP contribution in [0.5, 0.6) is 0 Å². The Morgan fingerprint density at radius 3 is 2.24 bits per heavy atom. The molecule has 0 aliphatic heterocycles. The molecule has 1 aromatic rings. The third kappa shape index (κ3) is 3.97. The Balaban J connectivity index is 2.59. The highest BCUT2D eigenvalue weighted by molar-refractivity contribution is 5.98. The zero-order valence-corrected chi connectivity index (χ0v) is 13.9. The van der Waals surface area contributed by atoms with E-state index in [1.807, 2.05) is 0 Å². The van der Waals surface area contributed by atoms with Gasteiger partial charge in [-0.25, -0.2) is 0 Å². The van der Waals surface area contributed by atoms with Crippen LogP contribution in [-0.4, -0.2) is 16.6 Å². The Kier molecular flexibility index (Phi) is 5.41. The van der Waals surface area contributed by atoms with Gasteiger partial charge in [0.25, 0.3) is 0 Å². The van der Waals surface area contributed by atoms with E-state index in [9.17, 15) is 0 Å². The van der Waals surface area contributed by atoms with Crippen LogP contribution in [0.2, 0.25) is 0 Å². The van der Waals surface area contributed by atoms with E-state index in [4.69, 9.17) is 4.43 Å². The number of aryl methyl sites for hydroxylation is 1. The van der Waals surface area contributed by atoms with Crippen LogP contribution >= 0.6 is 0 Å². The van der Waals surface area contributed by atoms with Gasteiger partial charge >= 0.3 is 0 Å². The molecule has 0 N–H and O–H groups in total. The van der Waals surface area contributed by atoms with E-state index in [2.05, 4.69) is 58.0 Å². The second kappa shape index (κ2) is 6.36. The minimum atomic E-state index is 0.260. The predicted octanol–water partition coefficient (Wildman–Crippen LogP) is 2.97. The van der Waals surface area contributed by atoms with E-state index >= 15 is 0 Å². The molecule has 0 saturated carbocycles. The van der Waals surface area contributed by atoms with Crippen molar-refractivity contribution in [1.29, 1.82) is 0 Å². The van der Waals surface area contributed by atoms with E-state index in [1.165, 1.54) is 5.56 Å². The van der Waals surface area contributed by atoms with E-state index in [0.717, 1.165) is 23.3 Å². The largest absolute Gasteiger partial charge is 0.424 e. The Bertz CT molecular complexity index is 319. The van der Waals surface area contributed by atoms with Gasteiger partial charge in [-0.1, -0.05) is 58.0 Å². The van der Waals surface area contributed by atoms with Crippen molar-refractivity contribution in [2.45, 2.75) is 46.6 Å². The first-order valence-corrected chi connectivity index (χ1v) is 7.36. The van der Waals surface area contributed by atoms with Crippen LogP contribution in [0.1, 0.15) is 39.7 Å². The lowest BCUT2D eigenvalue weighted by Crippen LogP contribution is -2.36. The van der Waals surface area contributed by atoms with E-state index < -0.39 is 0 Å². The number of hydrogen-bond donors (Lipinski definition) is 0. The molecule has 0 aliphatic rings. The van der Waals surface area contributed by atoms with E-state index in [-0.39, 0.29) is 5.41 Å². The standard InChI is InChI=1S/C15H26OSi/c1-12(2)15(3,4)14(16-17)11-10-13-8-6-5-7-9-13/h5-9,12,14H,10-11H2,1-4,17H3. The number of rotatable bonds is 6. The molecule has 0 radical (unpaired) electrons. The fourth-order valence-electron chi connectivity index (χ4n) is 2.11. The fourth-order valence-corrected chi connectivity index (χ4v) is 2.95. The molecule has 1 atom stereocenters. The van der Waals surface area contributed by atoms with Gasteiger partial charge in [-0.05, 0) is 29.7 Å². The normalized spacial score (nSPS) is 14.2. The molecule has 96 valence electrons. The molecule has 0 amide bonds. The lowest BCUT2D eigenvalue weighted by molar-refractivity contribution is 0.0380. The molecule has 2 heteroatoms. The van der Waals surface area contributed by atoms with Crippen LogP contribution in [0.25, 0.3) is 0 Å². The van der Waals surface area contributed by atoms with E-state index in [1.54, 1.807) is 0 Å². The van der Waals surface area contributed by atoms with Crippen LogP contribution in [0.4, 0.5) is 0 Å². The molecule has 0 saturated heterocycles. The summed E-state index contributed by atoms with van der Waals surface area (Å²) < 4.78 is 5.84. The van der Waals surface area contributed by atoms with Crippen LogP contribution < -0.4 is 0 Å². The number of benzene rings is 1. The van der Waals surface area contributed by atoms with Gasteiger partial charge in [0.05, 0.1) is 0 Å². The van der Waals surface area contributed by atoms with Crippen LogP contribution in [0.15, 0.2) is 30.3 Å². The molecule has 1 rings (SSSR count). The summed E-state index contributed by atoms with van der Waals surface area (Å²) in [7, 11) is 0.825. The van der Waals surface area contributed by atoms with Gasteiger partial charge in [0, 0.05) is 6.10 Å². The fraction of sp³-hybridized carbons (Fsp3) is 0.600. The van der Waals surface area contributed by atoms with Crippen molar-refractivity contribution in [2.24, 2.45) is 11.3 Å². The summed E-state index contributed by atoms with van der Waals surface area (Å²) in [5, 5.41) is 0.